The molecule has 2 saturated heterocycles. The van der Waals surface area contributed by atoms with Crippen molar-refractivity contribution in [2.45, 2.75) is 30.6 Å². The summed E-state index contributed by atoms with van der Waals surface area (Å²) in [5.74, 6) is 0.997. The van der Waals surface area contributed by atoms with Gasteiger partial charge < -0.3 is 19.3 Å². The molecule has 9 heteroatoms. The number of amides is 1. The van der Waals surface area contributed by atoms with Gasteiger partial charge in [-0.15, -0.1) is 0 Å². The summed E-state index contributed by atoms with van der Waals surface area (Å²) in [6, 6.07) is 12.3. The molecule has 0 aliphatic carbocycles. The SMILES string of the molecule is COc1ccc(S(=O)(=O)N2CCN(c3ccccc3OC)CC2)cc1C(=O)N1CCCCCC1. The Kier molecular flexibility index (Phi) is 7.63. The number of ether oxygens (including phenoxy) is 2. The highest BCUT2D eigenvalue weighted by atomic mass is 32.2. The number of para-hydroxylation sites is 2. The molecule has 4 rings (SSSR count). The van der Waals surface area contributed by atoms with Gasteiger partial charge >= 0.3 is 0 Å². The third-order valence-corrected chi connectivity index (χ3v) is 8.49. The molecule has 2 aromatic rings. The topological polar surface area (TPSA) is 79.4 Å². The van der Waals surface area contributed by atoms with Crippen LogP contribution in [0.25, 0.3) is 0 Å². The van der Waals surface area contributed by atoms with Gasteiger partial charge in [-0.2, -0.15) is 4.31 Å². The van der Waals surface area contributed by atoms with Crippen molar-refractivity contribution in [2.75, 3.05) is 58.4 Å². The van der Waals surface area contributed by atoms with Crippen molar-refractivity contribution in [3.05, 3.63) is 48.0 Å². The van der Waals surface area contributed by atoms with Crippen LogP contribution < -0.4 is 14.4 Å². The number of nitrogens with zero attached hydrogens (tertiary/aromatic N) is 3. The van der Waals surface area contributed by atoms with E-state index in [2.05, 4.69) is 4.90 Å². The zero-order chi connectivity index (χ0) is 24.1. The second-order valence-corrected chi connectivity index (χ2v) is 10.6. The maximum atomic E-state index is 13.5. The van der Waals surface area contributed by atoms with Gasteiger partial charge in [0.1, 0.15) is 11.5 Å². The number of sulfonamides is 1. The van der Waals surface area contributed by atoms with Gasteiger partial charge in [0.05, 0.1) is 30.4 Å². The highest BCUT2D eigenvalue weighted by molar-refractivity contribution is 7.89. The highest BCUT2D eigenvalue weighted by Crippen LogP contribution is 2.31. The molecule has 0 saturated carbocycles. The van der Waals surface area contributed by atoms with Crippen LogP contribution >= 0.6 is 0 Å². The molecule has 2 aromatic carbocycles. The summed E-state index contributed by atoms with van der Waals surface area (Å²) in [6.07, 6.45) is 4.14. The Morgan fingerprint density at radius 1 is 0.794 bits per heavy atom. The second-order valence-electron chi connectivity index (χ2n) is 8.63. The number of benzene rings is 2. The number of carbonyl (C=O) groups excluding carboxylic acids is 1. The van der Waals surface area contributed by atoms with Crippen LogP contribution in [0.3, 0.4) is 0 Å². The van der Waals surface area contributed by atoms with Gasteiger partial charge in [-0.3, -0.25) is 4.79 Å². The van der Waals surface area contributed by atoms with E-state index in [0.29, 0.717) is 50.6 Å². The maximum absolute atomic E-state index is 13.5. The zero-order valence-corrected chi connectivity index (χ0v) is 20.7. The van der Waals surface area contributed by atoms with Gasteiger partial charge in [-0.05, 0) is 43.2 Å². The summed E-state index contributed by atoms with van der Waals surface area (Å²) < 4.78 is 39.3. The van der Waals surface area contributed by atoms with E-state index < -0.39 is 10.0 Å². The van der Waals surface area contributed by atoms with E-state index in [1.807, 2.05) is 29.2 Å². The van der Waals surface area contributed by atoms with Gasteiger partial charge in [0.15, 0.2) is 0 Å². The van der Waals surface area contributed by atoms with E-state index >= 15 is 0 Å². The molecular weight excluding hydrogens is 454 g/mol. The smallest absolute Gasteiger partial charge is 0.257 e. The fourth-order valence-corrected chi connectivity index (χ4v) is 6.12. The van der Waals surface area contributed by atoms with Crippen molar-refractivity contribution in [1.29, 1.82) is 0 Å². The Morgan fingerprint density at radius 2 is 1.44 bits per heavy atom. The molecule has 2 aliphatic rings. The largest absolute Gasteiger partial charge is 0.496 e. The van der Waals surface area contributed by atoms with E-state index in [-0.39, 0.29) is 10.8 Å². The first-order valence-electron chi connectivity index (χ1n) is 11.8. The van der Waals surface area contributed by atoms with E-state index in [4.69, 9.17) is 9.47 Å². The third kappa shape index (κ3) is 5.00. The van der Waals surface area contributed by atoms with Gasteiger partial charge in [0.2, 0.25) is 10.0 Å². The van der Waals surface area contributed by atoms with Crippen molar-refractivity contribution in [3.8, 4) is 11.5 Å². The van der Waals surface area contributed by atoms with E-state index in [0.717, 1.165) is 37.1 Å². The summed E-state index contributed by atoms with van der Waals surface area (Å²) in [6.45, 7) is 3.17. The van der Waals surface area contributed by atoms with Crippen molar-refractivity contribution in [2.24, 2.45) is 0 Å². The number of likely N-dealkylation sites (tertiary alicyclic amines) is 1. The number of piperazine rings is 1. The predicted molar refractivity (Wildman–Crippen MR) is 131 cm³/mol. The van der Waals surface area contributed by atoms with Crippen LogP contribution in [0.15, 0.2) is 47.4 Å². The predicted octanol–water partition coefficient (Wildman–Crippen LogP) is 3.23. The molecule has 0 N–H and O–H groups in total. The zero-order valence-electron chi connectivity index (χ0n) is 19.9. The van der Waals surface area contributed by atoms with Gasteiger partial charge in [0, 0.05) is 39.3 Å². The number of anilines is 1. The van der Waals surface area contributed by atoms with Crippen LogP contribution in [0.4, 0.5) is 5.69 Å². The van der Waals surface area contributed by atoms with Crippen molar-refractivity contribution in [1.82, 2.24) is 9.21 Å². The summed E-state index contributed by atoms with van der Waals surface area (Å²) in [4.78, 5) is 17.3. The van der Waals surface area contributed by atoms with Crippen LogP contribution in [0.1, 0.15) is 36.0 Å². The van der Waals surface area contributed by atoms with Crippen LogP contribution in [-0.2, 0) is 10.0 Å². The lowest BCUT2D eigenvalue weighted by molar-refractivity contribution is 0.0758. The lowest BCUT2D eigenvalue weighted by Gasteiger charge is -2.36. The average Bonchev–Trinajstić information content (AvgIpc) is 3.17. The molecule has 0 bridgehead atoms. The second kappa shape index (κ2) is 10.7. The molecule has 0 spiro atoms. The minimum absolute atomic E-state index is 0.122. The van der Waals surface area contributed by atoms with Gasteiger partial charge in [-0.25, -0.2) is 8.42 Å². The number of hydrogen-bond acceptors (Lipinski definition) is 6. The Hall–Kier alpha value is -2.78. The molecule has 2 heterocycles. The molecular formula is C25H33N3O5S. The van der Waals surface area contributed by atoms with Crippen molar-refractivity contribution >= 4 is 21.6 Å². The maximum Gasteiger partial charge on any atom is 0.257 e. The quantitative estimate of drug-likeness (QED) is 0.623. The standard InChI is InChI=1S/C25H33N3O5S/c1-32-23-12-11-20(19-21(23)25(29)27-13-7-3-4-8-14-27)34(30,31)28-17-15-26(16-18-28)22-9-5-6-10-24(22)33-2/h5-6,9-12,19H,3-4,7-8,13-18H2,1-2H3. The fourth-order valence-electron chi connectivity index (χ4n) is 4.67. The van der Waals surface area contributed by atoms with Crippen molar-refractivity contribution < 1.29 is 22.7 Å². The fraction of sp³-hybridized carbons (Fsp3) is 0.480. The van der Waals surface area contributed by atoms with Crippen molar-refractivity contribution in [3.63, 3.8) is 0 Å². The minimum Gasteiger partial charge on any atom is -0.496 e. The lowest BCUT2D eigenvalue weighted by Crippen LogP contribution is -2.48. The lowest BCUT2D eigenvalue weighted by atomic mass is 10.1. The molecule has 0 radical (unpaired) electrons. The Bertz CT molecular complexity index is 1110. The van der Waals surface area contributed by atoms with E-state index in [9.17, 15) is 13.2 Å². The molecule has 0 aromatic heterocycles. The molecule has 0 unspecified atom stereocenters. The summed E-state index contributed by atoms with van der Waals surface area (Å²) in [5, 5.41) is 0. The number of rotatable bonds is 6. The first-order chi connectivity index (χ1) is 16.5. The summed E-state index contributed by atoms with van der Waals surface area (Å²) >= 11 is 0. The summed E-state index contributed by atoms with van der Waals surface area (Å²) in [5.41, 5.74) is 1.26. The first kappa shape index (κ1) is 24.3. The summed E-state index contributed by atoms with van der Waals surface area (Å²) in [7, 11) is -0.621. The normalized spacial score (nSPS) is 17.8. The first-order valence-corrected chi connectivity index (χ1v) is 13.2. The van der Waals surface area contributed by atoms with Gasteiger partial charge in [-0.1, -0.05) is 25.0 Å². The average molecular weight is 488 g/mol. The number of hydrogen-bond donors (Lipinski definition) is 0. The van der Waals surface area contributed by atoms with Gasteiger partial charge in [0.25, 0.3) is 5.91 Å². The Morgan fingerprint density at radius 3 is 2.09 bits per heavy atom. The van der Waals surface area contributed by atoms with Crippen LogP contribution in [0, 0.1) is 0 Å². The third-order valence-electron chi connectivity index (χ3n) is 6.60. The van der Waals surface area contributed by atoms with Crippen LogP contribution in [0.5, 0.6) is 11.5 Å². The van der Waals surface area contributed by atoms with Crippen LogP contribution in [-0.4, -0.2) is 77.0 Å². The van der Waals surface area contributed by atoms with Crippen LogP contribution in [0.2, 0.25) is 0 Å². The molecule has 2 aliphatic heterocycles. The molecule has 184 valence electrons. The van der Waals surface area contributed by atoms with E-state index in [1.165, 1.54) is 23.5 Å². The monoisotopic (exact) mass is 487 g/mol. The minimum atomic E-state index is -3.75. The molecule has 34 heavy (non-hydrogen) atoms. The molecule has 8 nitrogen and oxygen atoms in total. The van der Waals surface area contributed by atoms with E-state index in [1.54, 1.807) is 13.2 Å². The molecule has 2 fully saturated rings. The molecule has 0 atom stereocenters. The Labute approximate surface area is 202 Å². The number of carbonyl (C=O) groups is 1. The molecule has 1 amide bonds. The number of methoxy groups -OCH3 is 2. The highest BCUT2D eigenvalue weighted by Gasteiger charge is 2.31. The Balaban J connectivity index is 1.53.